The third-order valence-electron chi connectivity index (χ3n) is 3.11. The van der Waals surface area contributed by atoms with Crippen molar-refractivity contribution in [3.63, 3.8) is 0 Å². The van der Waals surface area contributed by atoms with E-state index >= 15 is 0 Å². The van der Waals surface area contributed by atoms with Gasteiger partial charge in [-0.1, -0.05) is 17.2 Å². The third-order valence-corrected chi connectivity index (χ3v) is 3.11. The Kier molecular flexibility index (Phi) is 2.75. The minimum Gasteiger partial charge on any atom is -0.476 e. The monoisotopic (exact) mass is 267 g/mol. The fourth-order valence-corrected chi connectivity index (χ4v) is 2.35. The van der Waals surface area contributed by atoms with Crippen molar-refractivity contribution in [1.82, 2.24) is 14.4 Å². The third kappa shape index (κ3) is 2.03. The van der Waals surface area contributed by atoms with E-state index in [9.17, 15) is 4.79 Å². The second-order valence-corrected chi connectivity index (χ2v) is 4.81. The highest BCUT2D eigenvalue weighted by molar-refractivity contribution is 5.86. The fraction of sp³-hybridized carbons (Fsp3) is 0.133. The highest BCUT2D eigenvalue weighted by Gasteiger charge is 2.12. The van der Waals surface area contributed by atoms with Crippen molar-refractivity contribution in [2.75, 3.05) is 0 Å². The topological polar surface area (TPSA) is 67.5 Å². The highest BCUT2D eigenvalue weighted by Crippen LogP contribution is 2.23. The standard InChI is InChI=1S/C15H13N3O2/c1-9-5-10(2)7-11(6-9)13-3-4-16-15-17-12(14(19)20)8-18(13)15/h3-8H,1-2H3,(H,19,20). The lowest BCUT2D eigenvalue weighted by Gasteiger charge is -2.07. The Bertz CT molecular complexity index is 801. The largest absolute Gasteiger partial charge is 0.476 e. The smallest absolute Gasteiger partial charge is 0.356 e. The molecule has 0 unspecified atom stereocenters. The molecule has 0 spiro atoms. The second-order valence-electron chi connectivity index (χ2n) is 4.81. The number of aromatic nitrogens is 3. The average Bonchev–Trinajstić information content (AvgIpc) is 2.81. The first-order valence-corrected chi connectivity index (χ1v) is 6.20. The maximum Gasteiger partial charge on any atom is 0.356 e. The van der Waals surface area contributed by atoms with Crippen LogP contribution in [0, 0.1) is 13.8 Å². The van der Waals surface area contributed by atoms with Crippen LogP contribution in [0.5, 0.6) is 0 Å². The number of nitrogens with zero attached hydrogens (tertiary/aromatic N) is 3. The van der Waals surface area contributed by atoms with Gasteiger partial charge in [-0.3, -0.25) is 4.40 Å². The van der Waals surface area contributed by atoms with Crippen molar-refractivity contribution in [2.24, 2.45) is 0 Å². The predicted octanol–water partition coefficient (Wildman–Crippen LogP) is 2.71. The van der Waals surface area contributed by atoms with E-state index in [1.165, 1.54) is 6.20 Å². The summed E-state index contributed by atoms with van der Waals surface area (Å²) in [6, 6.07) is 8.07. The van der Waals surface area contributed by atoms with Crippen molar-refractivity contribution in [3.8, 4) is 11.3 Å². The number of aryl methyl sites for hydroxylation is 2. The van der Waals surface area contributed by atoms with Crippen molar-refractivity contribution in [3.05, 3.63) is 53.5 Å². The van der Waals surface area contributed by atoms with E-state index in [0.29, 0.717) is 5.78 Å². The molecule has 20 heavy (non-hydrogen) atoms. The summed E-state index contributed by atoms with van der Waals surface area (Å²) in [5, 5.41) is 9.03. The lowest BCUT2D eigenvalue weighted by Crippen LogP contribution is -1.95. The van der Waals surface area contributed by atoms with E-state index in [4.69, 9.17) is 5.11 Å². The molecule has 3 rings (SSSR count). The van der Waals surface area contributed by atoms with E-state index < -0.39 is 5.97 Å². The maximum absolute atomic E-state index is 11.0. The zero-order valence-electron chi connectivity index (χ0n) is 11.2. The second kappa shape index (κ2) is 4.45. The van der Waals surface area contributed by atoms with E-state index in [1.54, 1.807) is 10.6 Å². The first-order valence-electron chi connectivity index (χ1n) is 6.20. The molecule has 0 aliphatic carbocycles. The van der Waals surface area contributed by atoms with Gasteiger partial charge in [-0.05, 0) is 37.6 Å². The molecule has 100 valence electrons. The summed E-state index contributed by atoms with van der Waals surface area (Å²) >= 11 is 0. The minimum absolute atomic E-state index is 0.00525. The van der Waals surface area contributed by atoms with Crippen LogP contribution in [0.2, 0.25) is 0 Å². The normalized spacial score (nSPS) is 10.9. The first-order chi connectivity index (χ1) is 9.54. The van der Waals surface area contributed by atoms with Crippen molar-refractivity contribution in [2.45, 2.75) is 13.8 Å². The zero-order valence-corrected chi connectivity index (χ0v) is 11.2. The van der Waals surface area contributed by atoms with Gasteiger partial charge in [-0.2, -0.15) is 0 Å². The van der Waals surface area contributed by atoms with Gasteiger partial charge in [0.05, 0.1) is 5.69 Å². The molecule has 0 fully saturated rings. The van der Waals surface area contributed by atoms with Crippen LogP contribution in [0.3, 0.4) is 0 Å². The predicted molar refractivity (Wildman–Crippen MR) is 74.9 cm³/mol. The molecule has 5 nitrogen and oxygen atoms in total. The Hall–Kier alpha value is -2.69. The maximum atomic E-state index is 11.0. The Morgan fingerprint density at radius 2 is 1.90 bits per heavy atom. The Morgan fingerprint density at radius 1 is 1.20 bits per heavy atom. The number of hydrogen-bond acceptors (Lipinski definition) is 3. The van der Waals surface area contributed by atoms with Crippen molar-refractivity contribution >= 4 is 11.7 Å². The number of benzene rings is 1. The van der Waals surface area contributed by atoms with E-state index in [0.717, 1.165) is 22.4 Å². The molecule has 0 atom stereocenters. The van der Waals surface area contributed by atoms with Gasteiger partial charge in [0.25, 0.3) is 0 Å². The van der Waals surface area contributed by atoms with Crippen LogP contribution in [-0.4, -0.2) is 25.4 Å². The van der Waals surface area contributed by atoms with Gasteiger partial charge < -0.3 is 5.11 Å². The summed E-state index contributed by atoms with van der Waals surface area (Å²) in [6.07, 6.45) is 3.14. The van der Waals surface area contributed by atoms with Gasteiger partial charge in [0.15, 0.2) is 5.69 Å². The molecule has 0 radical (unpaired) electrons. The molecule has 0 bridgehead atoms. The average molecular weight is 267 g/mol. The molecule has 0 saturated heterocycles. The number of imidazole rings is 1. The molecule has 2 heterocycles. The van der Waals surface area contributed by atoms with E-state index in [1.807, 2.05) is 19.9 Å². The lowest BCUT2D eigenvalue weighted by atomic mass is 10.0. The summed E-state index contributed by atoms with van der Waals surface area (Å²) in [7, 11) is 0. The van der Waals surface area contributed by atoms with Crippen LogP contribution in [0.15, 0.2) is 36.7 Å². The summed E-state index contributed by atoms with van der Waals surface area (Å²) in [4.78, 5) is 19.1. The number of carbonyl (C=O) groups is 1. The molecule has 0 aliphatic rings. The summed E-state index contributed by atoms with van der Waals surface area (Å²) < 4.78 is 1.71. The van der Waals surface area contributed by atoms with Crippen molar-refractivity contribution < 1.29 is 9.90 Å². The van der Waals surface area contributed by atoms with Crippen LogP contribution in [0.4, 0.5) is 0 Å². The molecule has 1 aromatic carbocycles. The number of carboxylic acids is 1. The van der Waals surface area contributed by atoms with Gasteiger partial charge in [0.2, 0.25) is 5.78 Å². The van der Waals surface area contributed by atoms with E-state index in [2.05, 4.69) is 28.2 Å². The van der Waals surface area contributed by atoms with Crippen LogP contribution in [0.25, 0.3) is 17.0 Å². The van der Waals surface area contributed by atoms with Gasteiger partial charge in [-0.25, -0.2) is 14.8 Å². The first kappa shape index (κ1) is 12.3. The molecule has 0 aliphatic heterocycles. The fourth-order valence-electron chi connectivity index (χ4n) is 2.35. The molecule has 0 amide bonds. The number of hydrogen-bond donors (Lipinski definition) is 1. The van der Waals surface area contributed by atoms with Crippen LogP contribution < -0.4 is 0 Å². The minimum atomic E-state index is -1.05. The summed E-state index contributed by atoms with van der Waals surface area (Å²) in [5.41, 5.74) is 4.20. The molecular weight excluding hydrogens is 254 g/mol. The van der Waals surface area contributed by atoms with Crippen molar-refractivity contribution in [1.29, 1.82) is 0 Å². The van der Waals surface area contributed by atoms with Crippen LogP contribution in [0.1, 0.15) is 21.6 Å². The van der Waals surface area contributed by atoms with E-state index in [-0.39, 0.29) is 5.69 Å². The molecule has 3 aromatic rings. The zero-order chi connectivity index (χ0) is 14.3. The Balaban J connectivity index is 2.27. The Labute approximate surface area is 115 Å². The van der Waals surface area contributed by atoms with Crippen LogP contribution in [-0.2, 0) is 0 Å². The SMILES string of the molecule is Cc1cc(C)cc(-c2ccnc3nc(C(=O)O)cn23)c1. The van der Waals surface area contributed by atoms with Gasteiger partial charge >= 0.3 is 5.97 Å². The molecule has 5 heteroatoms. The van der Waals surface area contributed by atoms with Gasteiger partial charge in [-0.15, -0.1) is 0 Å². The number of aromatic carboxylic acids is 1. The summed E-state index contributed by atoms with van der Waals surface area (Å²) in [5.74, 6) is -0.666. The summed E-state index contributed by atoms with van der Waals surface area (Å²) in [6.45, 7) is 4.07. The molecular formula is C15H13N3O2. The van der Waals surface area contributed by atoms with Gasteiger partial charge in [0.1, 0.15) is 0 Å². The number of fused-ring (bicyclic) bond motifs is 1. The molecule has 1 N–H and O–H groups in total. The number of carboxylic acid groups (broad SMARTS) is 1. The van der Waals surface area contributed by atoms with Gasteiger partial charge in [0, 0.05) is 12.4 Å². The van der Waals surface area contributed by atoms with Crippen LogP contribution >= 0.6 is 0 Å². The molecule has 0 saturated carbocycles. The number of rotatable bonds is 2. The Morgan fingerprint density at radius 3 is 2.55 bits per heavy atom. The lowest BCUT2D eigenvalue weighted by molar-refractivity contribution is 0.0691. The highest BCUT2D eigenvalue weighted by atomic mass is 16.4. The quantitative estimate of drug-likeness (QED) is 0.775. The molecule has 2 aromatic heterocycles.